The third kappa shape index (κ3) is 4.89. The normalized spacial score (nSPS) is 27.0. The van der Waals surface area contributed by atoms with Crippen molar-refractivity contribution in [1.29, 1.82) is 0 Å². The van der Waals surface area contributed by atoms with Crippen molar-refractivity contribution in [2.75, 3.05) is 32.7 Å². The molecule has 0 radical (unpaired) electrons. The number of rotatable bonds is 4. The van der Waals surface area contributed by atoms with Crippen molar-refractivity contribution < 1.29 is 0 Å². The van der Waals surface area contributed by atoms with Crippen LogP contribution in [0.3, 0.4) is 0 Å². The Balaban J connectivity index is 1.61. The zero-order chi connectivity index (χ0) is 12.8. The second kappa shape index (κ2) is 6.91. The molecule has 106 valence electrons. The van der Waals surface area contributed by atoms with Crippen molar-refractivity contribution in [2.45, 2.75) is 58.8 Å². The third-order valence-corrected chi connectivity index (χ3v) is 4.98. The minimum absolute atomic E-state index is 0.587. The zero-order valence-corrected chi connectivity index (χ0v) is 12.5. The standard InChI is InChI=1S/C16H32N2/c1-16(2)8-4-13-18(14-9-16)12-3-5-15-6-10-17-11-7-15/h15,17H,3-14H2,1-2H3. The number of hydrogen-bond acceptors (Lipinski definition) is 2. The van der Waals surface area contributed by atoms with E-state index in [4.69, 9.17) is 0 Å². The van der Waals surface area contributed by atoms with Crippen LogP contribution in [0.2, 0.25) is 0 Å². The number of piperidine rings is 1. The SMILES string of the molecule is CC1(C)CCCN(CCCC2CCNCC2)CC1. The first kappa shape index (κ1) is 14.3. The number of hydrogen-bond donors (Lipinski definition) is 1. The lowest BCUT2D eigenvalue weighted by molar-refractivity contribution is 0.245. The lowest BCUT2D eigenvalue weighted by Crippen LogP contribution is -2.29. The fraction of sp³-hybridized carbons (Fsp3) is 1.00. The van der Waals surface area contributed by atoms with Crippen LogP contribution in [0, 0.1) is 11.3 Å². The molecule has 2 aliphatic rings. The largest absolute Gasteiger partial charge is 0.317 e. The molecule has 0 aromatic heterocycles. The van der Waals surface area contributed by atoms with Gasteiger partial charge >= 0.3 is 0 Å². The Labute approximate surface area is 114 Å². The van der Waals surface area contributed by atoms with Gasteiger partial charge in [-0.25, -0.2) is 0 Å². The highest BCUT2D eigenvalue weighted by Gasteiger charge is 2.22. The molecule has 2 aliphatic heterocycles. The summed E-state index contributed by atoms with van der Waals surface area (Å²) in [5.41, 5.74) is 0.587. The number of nitrogens with zero attached hydrogens (tertiary/aromatic N) is 1. The summed E-state index contributed by atoms with van der Waals surface area (Å²) >= 11 is 0. The minimum Gasteiger partial charge on any atom is -0.317 e. The second-order valence-electron chi connectivity index (χ2n) is 7.20. The van der Waals surface area contributed by atoms with Crippen molar-refractivity contribution >= 4 is 0 Å². The van der Waals surface area contributed by atoms with Gasteiger partial charge in [0.25, 0.3) is 0 Å². The van der Waals surface area contributed by atoms with Crippen molar-refractivity contribution in [3.05, 3.63) is 0 Å². The molecule has 2 heterocycles. The minimum atomic E-state index is 0.587. The van der Waals surface area contributed by atoms with Crippen molar-refractivity contribution in [3.8, 4) is 0 Å². The molecule has 0 atom stereocenters. The van der Waals surface area contributed by atoms with Gasteiger partial charge in [-0.15, -0.1) is 0 Å². The maximum absolute atomic E-state index is 3.46. The molecular formula is C16H32N2. The van der Waals surface area contributed by atoms with E-state index in [2.05, 4.69) is 24.1 Å². The summed E-state index contributed by atoms with van der Waals surface area (Å²) in [6, 6.07) is 0. The van der Waals surface area contributed by atoms with Crippen LogP contribution < -0.4 is 5.32 Å². The van der Waals surface area contributed by atoms with Crippen LogP contribution in [0.1, 0.15) is 58.8 Å². The Morgan fingerprint density at radius 1 is 1.11 bits per heavy atom. The fourth-order valence-electron chi connectivity index (χ4n) is 3.48. The van der Waals surface area contributed by atoms with Crippen LogP contribution in [0.25, 0.3) is 0 Å². The van der Waals surface area contributed by atoms with Gasteiger partial charge in [0, 0.05) is 0 Å². The Morgan fingerprint density at radius 3 is 2.67 bits per heavy atom. The molecule has 2 nitrogen and oxygen atoms in total. The summed E-state index contributed by atoms with van der Waals surface area (Å²) in [6.45, 7) is 11.4. The molecule has 0 aliphatic carbocycles. The predicted molar refractivity (Wildman–Crippen MR) is 78.9 cm³/mol. The smallest absolute Gasteiger partial charge is 0.00136 e. The summed E-state index contributed by atoms with van der Waals surface area (Å²) in [5.74, 6) is 1.01. The lowest BCUT2D eigenvalue weighted by Gasteiger charge is -2.25. The van der Waals surface area contributed by atoms with Gasteiger partial charge in [-0.3, -0.25) is 0 Å². The van der Waals surface area contributed by atoms with Crippen LogP contribution in [0.15, 0.2) is 0 Å². The van der Waals surface area contributed by atoms with Gasteiger partial charge in [0.15, 0.2) is 0 Å². The molecule has 2 saturated heterocycles. The maximum atomic E-state index is 3.46. The molecule has 2 rings (SSSR count). The highest BCUT2D eigenvalue weighted by Crippen LogP contribution is 2.30. The van der Waals surface area contributed by atoms with Gasteiger partial charge in [0.05, 0.1) is 0 Å². The first-order valence-corrected chi connectivity index (χ1v) is 8.09. The van der Waals surface area contributed by atoms with Gasteiger partial charge in [-0.2, -0.15) is 0 Å². The van der Waals surface area contributed by atoms with Crippen LogP contribution >= 0.6 is 0 Å². The first-order valence-electron chi connectivity index (χ1n) is 8.09. The average Bonchev–Trinajstić information content (AvgIpc) is 2.52. The Kier molecular flexibility index (Phi) is 5.50. The van der Waals surface area contributed by atoms with Gasteiger partial charge in [0.2, 0.25) is 0 Å². The number of nitrogens with one attached hydrogen (secondary N) is 1. The Morgan fingerprint density at radius 2 is 1.89 bits per heavy atom. The van der Waals surface area contributed by atoms with Crippen molar-refractivity contribution in [2.24, 2.45) is 11.3 Å². The third-order valence-electron chi connectivity index (χ3n) is 4.98. The summed E-state index contributed by atoms with van der Waals surface area (Å²) < 4.78 is 0. The lowest BCUT2D eigenvalue weighted by atomic mass is 9.85. The van der Waals surface area contributed by atoms with E-state index in [-0.39, 0.29) is 0 Å². The van der Waals surface area contributed by atoms with Crippen LogP contribution in [0.5, 0.6) is 0 Å². The average molecular weight is 252 g/mol. The summed E-state index contributed by atoms with van der Waals surface area (Å²) in [6.07, 6.45) is 9.91. The van der Waals surface area contributed by atoms with Crippen LogP contribution in [-0.2, 0) is 0 Å². The summed E-state index contributed by atoms with van der Waals surface area (Å²) in [7, 11) is 0. The van der Waals surface area contributed by atoms with E-state index in [9.17, 15) is 0 Å². The Bertz CT molecular complexity index is 231. The molecule has 0 bridgehead atoms. The topological polar surface area (TPSA) is 15.3 Å². The predicted octanol–water partition coefficient (Wildman–Crippen LogP) is 3.28. The van der Waals surface area contributed by atoms with E-state index >= 15 is 0 Å². The monoisotopic (exact) mass is 252 g/mol. The fourth-order valence-corrected chi connectivity index (χ4v) is 3.48. The van der Waals surface area contributed by atoms with Crippen LogP contribution in [-0.4, -0.2) is 37.6 Å². The van der Waals surface area contributed by atoms with Crippen molar-refractivity contribution in [3.63, 3.8) is 0 Å². The van der Waals surface area contributed by atoms with E-state index in [1.807, 2.05) is 0 Å². The Hall–Kier alpha value is -0.0800. The van der Waals surface area contributed by atoms with Gasteiger partial charge in [-0.05, 0) is 89.0 Å². The van der Waals surface area contributed by atoms with E-state index in [0.717, 1.165) is 5.92 Å². The van der Waals surface area contributed by atoms with Gasteiger partial charge in [-0.1, -0.05) is 13.8 Å². The summed E-state index contributed by atoms with van der Waals surface area (Å²) in [5, 5.41) is 3.46. The van der Waals surface area contributed by atoms with Gasteiger partial charge in [0.1, 0.15) is 0 Å². The molecule has 2 heteroatoms. The molecule has 2 fully saturated rings. The molecular weight excluding hydrogens is 220 g/mol. The first-order chi connectivity index (χ1) is 8.66. The molecule has 18 heavy (non-hydrogen) atoms. The quantitative estimate of drug-likeness (QED) is 0.826. The van der Waals surface area contributed by atoms with Crippen molar-refractivity contribution in [1.82, 2.24) is 10.2 Å². The molecule has 0 unspecified atom stereocenters. The molecule has 0 amide bonds. The van der Waals surface area contributed by atoms with Gasteiger partial charge < -0.3 is 10.2 Å². The molecule has 0 saturated carbocycles. The molecule has 0 spiro atoms. The highest BCUT2D eigenvalue weighted by molar-refractivity contribution is 4.76. The summed E-state index contributed by atoms with van der Waals surface area (Å²) in [4.78, 5) is 2.72. The second-order valence-corrected chi connectivity index (χ2v) is 7.20. The molecule has 1 N–H and O–H groups in total. The van der Waals surface area contributed by atoms with E-state index in [1.54, 1.807) is 0 Å². The van der Waals surface area contributed by atoms with E-state index in [1.165, 1.54) is 77.7 Å². The molecule has 0 aromatic carbocycles. The highest BCUT2D eigenvalue weighted by atomic mass is 15.1. The van der Waals surface area contributed by atoms with Crippen LogP contribution in [0.4, 0.5) is 0 Å². The number of likely N-dealkylation sites (tertiary alicyclic amines) is 1. The maximum Gasteiger partial charge on any atom is -0.00136 e. The van der Waals surface area contributed by atoms with E-state index < -0.39 is 0 Å². The molecule has 0 aromatic rings. The zero-order valence-electron chi connectivity index (χ0n) is 12.5. The van der Waals surface area contributed by atoms with E-state index in [0.29, 0.717) is 5.41 Å².